The number of rotatable bonds is 4. The van der Waals surface area contributed by atoms with E-state index in [-0.39, 0.29) is 11.8 Å². The molecular weight excluding hydrogens is 230 g/mol. The van der Waals surface area contributed by atoms with Crippen molar-refractivity contribution in [2.75, 3.05) is 26.3 Å². The van der Waals surface area contributed by atoms with Crippen LogP contribution in [0.2, 0.25) is 0 Å². The molecule has 1 heterocycles. The number of ether oxygens (including phenoxy) is 1. The van der Waals surface area contributed by atoms with Crippen LogP contribution in [0.5, 0.6) is 0 Å². The summed E-state index contributed by atoms with van der Waals surface area (Å²) >= 11 is 0. The number of nitriles is 2. The van der Waals surface area contributed by atoms with Crippen molar-refractivity contribution in [2.45, 2.75) is 26.7 Å². The number of hydrogen-bond acceptors (Lipinski definition) is 4. The van der Waals surface area contributed by atoms with E-state index in [0.29, 0.717) is 39.1 Å². The van der Waals surface area contributed by atoms with Crippen LogP contribution in [0, 0.1) is 34.0 Å². The predicted octanol–water partition coefficient (Wildman–Crippen LogP) is 1.31. The number of hydrogen-bond donors (Lipinski definition) is 0. The Balaban J connectivity index is 2.82. The van der Waals surface area contributed by atoms with Crippen molar-refractivity contribution in [3.05, 3.63) is 0 Å². The van der Waals surface area contributed by atoms with Crippen molar-refractivity contribution >= 4 is 5.91 Å². The first kappa shape index (κ1) is 14.5. The molecule has 1 fully saturated rings. The van der Waals surface area contributed by atoms with Gasteiger partial charge >= 0.3 is 0 Å². The van der Waals surface area contributed by atoms with Crippen LogP contribution in [-0.2, 0) is 9.53 Å². The number of amides is 1. The maximum absolute atomic E-state index is 12.5. The van der Waals surface area contributed by atoms with E-state index in [0.717, 1.165) is 0 Å². The summed E-state index contributed by atoms with van der Waals surface area (Å²) in [7, 11) is 0. The fourth-order valence-electron chi connectivity index (χ4n) is 2.12. The fourth-order valence-corrected chi connectivity index (χ4v) is 2.12. The topological polar surface area (TPSA) is 77.1 Å². The molecule has 1 aliphatic heterocycles. The van der Waals surface area contributed by atoms with E-state index in [2.05, 4.69) is 12.1 Å². The van der Waals surface area contributed by atoms with Crippen molar-refractivity contribution in [2.24, 2.45) is 11.3 Å². The normalized spacial score (nSPS) is 19.3. The number of carbonyl (C=O) groups excluding carboxylic acids is 1. The molecule has 1 atom stereocenters. The molecule has 0 aromatic heterocycles. The molecule has 1 unspecified atom stereocenters. The average Bonchev–Trinajstić information content (AvgIpc) is 2.44. The Bertz CT molecular complexity index is 375. The third-order valence-corrected chi connectivity index (χ3v) is 3.35. The molecule has 0 spiro atoms. The van der Waals surface area contributed by atoms with Gasteiger partial charge in [0.05, 0.1) is 18.1 Å². The second-order valence-electron chi connectivity index (χ2n) is 4.68. The molecule has 0 saturated carbocycles. The van der Waals surface area contributed by atoms with Gasteiger partial charge in [0.1, 0.15) is 5.41 Å². The molecule has 5 heteroatoms. The average molecular weight is 249 g/mol. The SMILES string of the molecule is CCN(CC(C)C#N)C(=O)C1(C#N)CCOCC1. The predicted molar refractivity (Wildman–Crippen MR) is 65.1 cm³/mol. The Kier molecular flexibility index (Phi) is 5.12. The zero-order valence-corrected chi connectivity index (χ0v) is 11.0. The van der Waals surface area contributed by atoms with Crippen LogP contribution in [-0.4, -0.2) is 37.1 Å². The van der Waals surface area contributed by atoms with E-state index in [9.17, 15) is 10.1 Å². The molecule has 98 valence electrons. The van der Waals surface area contributed by atoms with E-state index < -0.39 is 5.41 Å². The molecule has 0 aliphatic carbocycles. The van der Waals surface area contributed by atoms with Crippen molar-refractivity contribution in [3.8, 4) is 12.1 Å². The van der Waals surface area contributed by atoms with Gasteiger partial charge in [0, 0.05) is 26.3 Å². The monoisotopic (exact) mass is 249 g/mol. The lowest BCUT2D eigenvalue weighted by Gasteiger charge is -2.34. The van der Waals surface area contributed by atoms with Crippen LogP contribution >= 0.6 is 0 Å². The van der Waals surface area contributed by atoms with Crippen LogP contribution < -0.4 is 0 Å². The van der Waals surface area contributed by atoms with Gasteiger partial charge in [-0.05, 0) is 26.7 Å². The van der Waals surface area contributed by atoms with E-state index >= 15 is 0 Å². The highest BCUT2D eigenvalue weighted by Gasteiger charge is 2.42. The van der Waals surface area contributed by atoms with Crippen molar-refractivity contribution < 1.29 is 9.53 Å². The molecule has 1 amide bonds. The number of carbonyl (C=O) groups is 1. The Morgan fingerprint density at radius 3 is 2.50 bits per heavy atom. The molecule has 0 radical (unpaired) electrons. The van der Waals surface area contributed by atoms with E-state index in [4.69, 9.17) is 10.00 Å². The van der Waals surface area contributed by atoms with Gasteiger partial charge in [-0.25, -0.2) is 0 Å². The quantitative estimate of drug-likeness (QED) is 0.752. The summed E-state index contributed by atoms with van der Waals surface area (Å²) in [5, 5.41) is 18.1. The molecule has 0 aromatic carbocycles. The lowest BCUT2D eigenvalue weighted by atomic mass is 9.80. The Morgan fingerprint density at radius 1 is 1.44 bits per heavy atom. The van der Waals surface area contributed by atoms with Gasteiger partial charge in [-0.1, -0.05) is 0 Å². The van der Waals surface area contributed by atoms with Gasteiger partial charge in [-0.3, -0.25) is 4.79 Å². The van der Waals surface area contributed by atoms with Crippen LogP contribution in [0.15, 0.2) is 0 Å². The van der Waals surface area contributed by atoms with Gasteiger partial charge in [0.2, 0.25) is 5.91 Å². The molecule has 1 rings (SSSR count). The summed E-state index contributed by atoms with van der Waals surface area (Å²) in [6, 6.07) is 4.29. The minimum Gasteiger partial charge on any atom is -0.381 e. The van der Waals surface area contributed by atoms with Gasteiger partial charge < -0.3 is 9.64 Å². The zero-order valence-electron chi connectivity index (χ0n) is 11.0. The highest BCUT2D eigenvalue weighted by molar-refractivity contribution is 5.85. The minimum atomic E-state index is -0.955. The van der Waals surface area contributed by atoms with Crippen molar-refractivity contribution in [1.82, 2.24) is 4.90 Å². The summed E-state index contributed by atoms with van der Waals surface area (Å²) in [5.74, 6) is -0.373. The molecule has 1 aliphatic rings. The summed E-state index contributed by atoms with van der Waals surface area (Å²) in [5.41, 5.74) is -0.955. The van der Waals surface area contributed by atoms with Crippen LogP contribution in [0.3, 0.4) is 0 Å². The third kappa shape index (κ3) is 3.00. The highest BCUT2D eigenvalue weighted by atomic mass is 16.5. The largest absolute Gasteiger partial charge is 0.381 e. The second kappa shape index (κ2) is 6.37. The summed E-state index contributed by atoms with van der Waals surface area (Å²) < 4.78 is 5.22. The smallest absolute Gasteiger partial charge is 0.243 e. The zero-order chi connectivity index (χ0) is 13.6. The van der Waals surface area contributed by atoms with Gasteiger partial charge in [0.15, 0.2) is 0 Å². The molecule has 5 nitrogen and oxygen atoms in total. The van der Waals surface area contributed by atoms with Crippen molar-refractivity contribution in [1.29, 1.82) is 10.5 Å². The van der Waals surface area contributed by atoms with Gasteiger partial charge in [0.25, 0.3) is 0 Å². The Hall–Kier alpha value is -1.59. The summed E-state index contributed by atoms with van der Waals surface area (Å²) in [6.07, 6.45) is 0.888. The lowest BCUT2D eigenvalue weighted by Crippen LogP contribution is -2.47. The Labute approximate surface area is 108 Å². The first-order chi connectivity index (χ1) is 8.59. The first-order valence-corrected chi connectivity index (χ1v) is 6.27. The minimum absolute atomic E-state index is 0.155. The molecule has 1 saturated heterocycles. The van der Waals surface area contributed by atoms with Crippen LogP contribution in [0.4, 0.5) is 0 Å². The third-order valence-electron chi connectivity index (χ3n) is 3.35. The van der Waals surface area contributed by atoms with Crippen LogP contribution in [0.25, 0.3) is 0 Å². The van der Waals surface area contributed by atoms with Crippen LogP contribution in [0.1, 0.15) is 26.7 Å². The number of nitrogens with zero attached hydrogens (tertiary/aromatic N) is 3. The van der Waals surface area contributed by atoms with E-state index in [1.165, 1.54) is 0 Å². The second-order valence-corrected chi connectivity index (χ2v) is 4.68. The maximum Gasteiger partial charge on any atom is 0.243 e. The molecule has 0 bridgehead atoms. The van der Waals surface area contributed by atoms with Gasteiger partial charge in [-0.2, -0.15) is 10.5 Å². The summed E-state index contributed by atoms with van der Waals surface area (Å²) in [6.45, 7) is 5.45. The molecule has 0 aromatic rings. The molecular formula is C13H19N3O2. The molecule has 0 N–H and O–H groups in total. The lowest BCUT2D eigenvalue weighted by molar-refractivity contribution is -0.143. The molecule has 18 heavy (non-hydrogen) atoms. The fraction of sp³-hybridized carbons (Fsp3) is 0.769. The standard InChI is InChI=1S/C13H19N3O2/c1-3-16(9-11(2)8-14)12(17)13(10-15)4-6-18-7-5-13/h11H,3-7,9H2,1-2H3. The first-order valence-electron chi connectivity index (χ1n) is 6.27. The summed E-state index contributed by atoms with van der Waals surface area (Å²) in [4.78, 5) is 14.1. The van der Waals surface area contributed by atoms with E-state index in [1.807, 2.05) is 6.92 Å². The van der Waals surface area contributed by atoms with Crippen molar-refractivity contribution in [3.63, 3.8) is 0 Å². The van der Waals surface area contributed by atoms with E-state index in [1.54, 1.807) is 11.8 Å². The van der Waals surface area contributed by atoms with Gasteiger partial charge in [-0.15, -0.1) is 0 Å². The Morgan fingerprint density at radius 2 is 2.06 bits per heavy atom. The maximum atomic E-state index is 12.5. The highest BCUT2D eigenvalue weighted by Crippen LogP contribution is 2.32.